The van der Waals surface area contributed by atoms with Crippen LogP contribution < -0.4 is 4.90 Å². The Hall–Kier alpha value is -2.93. The minimum absolute atomic E-state index is 0.0479. The lowest BCUT2D eigenvalue weighted by Crippen LogP contribution is -2.44. The summed E-state index contributed by atoms with van der Waals surface area (Å²) in [6.45, 7) is 6.90. The van der Waals surface area contributed by atoms with Gasteiger partial charge in [-0.25, -0.2) is 9.89 Å². The van der Waals surface area contributed by atoms with Crippen molar-refractivity contribution in [3.8, 4) is 0 Å². The Morgan fingerprint density at radius 1 is 1.15 bits per heavy atom. The van der Waals surface area contributed by atoms with Crippen molar-refractivity contribution in [3.63, 3.8) is 0 Å². The van der Waals surface area contributed by atoms with Crippen LogP contribution in [0, 0.1) is 5.92 Å². The Morgan fingerprint density at radius 3 is 2.70 bits per heavy atom. The number of amides is 2. The summed E-state index contributed by atoms with van der Waals surface area (Å²) in [7, 11) is 0. The molecule has 3 aliphatic heterocycles. The summed E-state index contributed by atoms with van der Waals surface area (Å²) in [6.07, 6.45) is 2.21. The minimum atomic E-state index is -0.404. The molecular formula is C26H28N4O2S. The number of nitrogens with zero attached hydrogens (tertiary/aromatic N) is 4. The van der Waals surface area contributed by atoms with E-state index in [1.54, 1.807) is 4.90 Å². The summed E-state index contributed by atoms with van der Waals surface area (Å²) in [6, 6.07) is 15.5. The fraction of sp³-hybridized carbons (Fsp3) is 0.385. The van der Waals surface area contributed by atoms with Gasteiger partial charge < -0.3 is 4.90 Å². The molecule has 0 aliphatic carbocycles. The van der Waals surface area contributed by atoms with Crippen LogP contribution in [0.25, 0.3) is 0 Å². The molecule has 170 valence electrons. The second kappa shape index (κ2) is 8.78. The molecule has 0 aromatic heterocycles. The van der Waals surface area contributed by atoms with E-state index in [0.29, 0.717) is 36.3 Å². The number of anilines is 1. The molecule has 0 bridgehead atoms. The van der Waals surface area contributed by atoms with Gasteiger partial charge in [-0.05, 0) is 48.9 Å². The van der Waals surface area contributed by atoms with Gasteiger partial charge in [-0.3, -0.25) is 14.6 Å². The van der Waals surface area contributed by atoms with Gasteiger partial charge in [0, 0.05) is 17.8 Å². The van der Waals surface area contributed by atoms with E-state index in [1.807, 2.05) is 54.3 Å². The zero-order chi connectivity index (χ0) is 23.1. The van der Waals surface area contributed by atoms with Crippen molar-refractivity contribution in [3.05, 3.63) is 59.7 Å². The molecule has 5 rings (SSSR count). The molecule has 3 heterocycles. The van der Waals surface area contributed by atoms with E-state index < -0.39 is 6.04 Å². The molecule has 0 spiro atoms. The van der Waals surface area contributed by atoms with Gasteiger partial charge in [0.15, 0.2) is 5.17 Å². The molecule has 2 atom stereocenters. The maximum Gasteiger partial charge on any atom is 0.259 e. The standard InChI is InChI=1S/C26H28N4O2S/c1-4-22(25(32)29-14-13-17-9-5-8-12-21(17)29)33-26-28-19-11-7-6-10-18(19)23-27-20(15-16(2)3)24(31)30(23)26/h5-12,16,20,22H,4,13-15H2,1-3H3. The van der Waals surface area contributed by atoms with E-state index in [2.05, 4.69) is 19.9 Å². The zero-order valence-electron chi connectivity index (χ0n) is 19.2. The monoisotopic (exact) mass is 460 g/mol. The van der Waals surface area contributed by atoms with Gasteiger partial charge in [0.25, 0.3) is 5.91 Å². The SMILES string of the molecule is CCC(SC1=Nc2ccccc2C2=NC(CC(C)C)C(=O)N12)C(=O)N1CCc2ccccc21. The molecule has 7 heteroatoms. The lowest BCUT2D eigenvalue weighted by molar-refractivity contribution is -0.125. The average molecular weight is 461 g/mol. The van der Waals surface area contributed by atoms with Crippen LogP contribution >= 0.6 is 11.8 Å². The molecule has 2 unspecified atom stereocenters. The van der Waals surface area contributed by atoms with Gasteiger partial charge in [0.05, 0.1) is 10.9 Å². The first-order valence-electron chi connectivity index (χ1n) is 11.6. The first-order valence-corrected chi connectivity index (χ1v) is 12.5. The third-order valence-corrected chi connectivity index (χ3v) is 7.59. The van der Waals surface area contributed by atoms with Gasteiger partial charge in [-0.15, -0.1) is 0 Å². The largest absolute Gasteiger partial charge is 0.311 e. The fourth-order valence-corrected chi connectivity index (χ4v) is 5.74. The topological polar surface area (TPSA) is 65.3 Å². The molecular weight excluding hydrogens is 432 g/mol. The molecule has 0 saturated heterocycles. The summed E-state index contributed by atoms with van der Waals surface area (Å²) in [5, 5.41) is 0.217. The molecule has 0 radical (unpaired) electrons. The molecule has 2 amide bonds. The van der Waals surface area contributed by atoms with Crippen molar-refractivity contribution in [1.82, 2.24) is 4.90 Å². The fourth-order valence-electron chi connectivity index (χ4n) is 4.66. The Kier molecular flexibility index (Phi) is 5.83. The van der Waals surface area contributed by atoms with Crippen LogP contribution in [0.5, 0.6) is 0 Å². The van der Waals surface area contributed by atoms with Crippen LogP contribution in [-0.4, -0.2) is 45.6 Å². The van der Waals surface area contributed by atoms with Gasteiger partial charge in [0.1, 0.15) is 11.9 Å². The number of aliphatic imine (C=N–C) groups is 2. The number of carbonyl (C=O) groups excluding carboxylic acids is 2. The Labute approximate surface area is 198 Å². The number of benzene rings is 2. The van der Waals surface area contributed by atoms with Gasteiger partial charge in [0.2, 0.25) is 5.91 Å². The summed E-state index contributed by atoms with van der Waals surface area (Å²) in [5.74, 6) is 1.03. The van der Waals surface area contributed by atoms with Crippen molar-refractivity contribution >= 4 is 46.0 Å². The van der Waals surface area contributed by atoms with Crippen LogP contribution in [0.3, 0.4) is 0 Å². The average Bonchev–Trinajstić information content (AvgIpc) is 3.38. The van der Waals surface area contributed by atoms with Gasteiger partial charge in [-0.2, -0.15) is 0 Å². The Balaban J connectivity index is 1.46. The third-order valence-electron chi connectivity index (χ3n) is 6.29. The molecule has 3 aliphatic rings. The number of thioether (sulfide) groups is 1. The quantitative estimate of drug-likeness (QED) is 0.644. The molecule has 6 nitrogen and oxygen atoms in total. The van der Waals surface area contributed by atoms with E-state index in [1.165, 1.54) is 17.3 Å². The zero-order valence-corrected chi connectivity index (χ0v) is 20.0. The lowest BCUT2D eigenvalue weighted by Gasteiger charge is -2.29. The molecule has 2 aromatic rings. The Bertz CT molecular complexity index is 1170. The van der Waals surface area contributed by atoms with Crippen molar-refractivity contribution in [2.24, 2.45) is 15.9 Å². The van der Waals surface area contributed by atoms with Crippen LogP contribution in [0.15, 0.2) is 58.5 Å². The number of carbonyl (C=O) groups is 2. The number of amidine groups is 2. The van der Waals surface area contributed by atoms with Crippen molar-refractivity contribution in [2.45, 2.75) is 51.3 Å². The first kappa shape index (κ1) is 21.9. The maximum atomic E-state index is 13.6. The molecule has 0 saturated carbocycles. The van der Waals surface area contributed by atoms with E-state index in [9.17, 15) is 9.59 Å². The van der Waals surface area contributed by atoms with Crippen LogP contribution in [0.2, 0.25) is 0 Å². The van der Waals surface area contributed by atoms with Crippen LogP contribution in [0.1, 0.15) is 44.7 Å². The molecule has 2 aromatic carbocycles. The number of para-hydroxylation sites is 2. The minimum Gasteiger partial charge on any atom is -0.311 e. The molecule has 0 fully saturated rings. The highest BCUT2D eigenvalue weighted by molar-refractivity contribution is 8.15. The van der Waals surface area contributed by atoms with E-state index >= 15 is 0 Å². The van der Waals surface area contributed by atoms with Gasteiger partial charge in [-0.1, -0.05) is 62.9 Å². The van der Waals surface area contributed by atoms with Gasteiger partial charge >= 0.3 is 0 Å². The molecule has 33 heavy (non-hydrogen) atoms. The number of hydrogen-bond donors (Lipinski definition) is 0. The Morgan fingerprint density at radius 2 is 1.91 bits per heavy atom. The van der Waals surface area contributed by atoms with Crippen LogP contribution in [0.4, 0.5) is 11.4 Å². The highest BCUT2D eigenvalue weighted by Gasteiger charge is 2.43. The smallest absolute Gasteiger partial charge is 0.259 e. The molecule has 0 N–H and O–H groups in total. The highest BCUT2D eigenvalue weighted by Crippen LogP contribution is 2.37. The maximum absolute atomic E-state index is 13.6. The highest BCUT2D eigenvalue weighted by atomic mass is 32.2. The summed E-state index contributed by atoms with van der Waals surface area (Å²) in [4.78, 5) is 40.1. The van der Waals surface area contributed by atoms with E-state index in [-0.39, 0.29) is 17.1 Å². The summed E-state index contributed by atoms with van der Waals surface area (Å²) >= 11 is 1.38. The number of hydrogen-bond acceptors (Lipinski definition) is 5. The second-order valence-corrected chi connectivity index (χ2v) is 10.2. The first-order chi connectivity index (χ1) is 16.0. The van der Waals surface area contributed by atoms with Crippen molar-refractivity contribution < 1.29 is 9.59 Å². The third kappa shape index (κ3) is 3.88. The second-order valence-electron chi connectivity index (χ2n) is 9.07. The predicted molar refractivity (Wildman–Crippen MR) is 134 cm³/mol. The van der Waals surface area contributed by atoms with Crippen molar-refractivity contribution in [2.75, 3.05) is 11.4 Å². The van der Waals surface area contributed by atoms with E-state index in [4.69, 9.17) is 9.98 Å². The summed E-state index contributed by atoms with van der Waals surface area (Å²) < 4.78 is 0. The summed E-state index contributed by atoms with van der Waals surface area (Å²) in [5.41, 5.74) is 3.86. The lowest BCUT2D eigenvalue weighted by atomic mass is 10.0. The van der Waals surface area contributed by atoms with Crippen molar-refractivity contribution in [1.29, 1.82) is 0 Å². The normalized spacial score (nSPS) is 19.8. The van der Waals surface area contributed by atoms with E-state index in [0.717, 1.165) is 23.4 Å². The van der Waals surface area contributed by atoms with Crippen LogP contribution in [-0.2, 0) is 16.0 Å². The predicted octanol–water partition coefficient (Wildman–Crippen LogP) is 4.79. The number of fused-ring (bicyclic) bond motifs is 4. The number of rotatable bonds is 5.